The van der Waals surface area contributed by atoms with Crippen LogP contribution < -0.4 is 10.6 Å². The highest BCUT2D eigenvalue weighted by Crippen LogP contribution is 2.33. The second-order valence-electron chi connectivity index (χ2n) is 6.89. The Kier molecular flexibility index (Phi) is 6.37. The molecule has 0 saturated heterocycles. The molecule has 0 radical (unpaired) electrons. The van der Waals surface area contributed by atoms with Crippen molar-refractivity contribution >= 4 is 28.9 Å². The van der Waals surface area contributed by atoms with Gasteiger partial charge in [0.1, 0.15) is 0 Å². The van der Waals surface area contributed by atoms with Crippen LogP contribution in [0.3, 0.4) is 0 Å². The highest BCUT2D eigenvalue weighted by atomic mass is 16.2. The van der Waals surface area contributed by atoms with Crippen molar-refractivity contribution in [1.29, 1.82) is 0 Å². The molecule has 144 valence electrons. The third kappa shape index (κ3) is 4.94. The number of allylic oxidation sites excluding steroid dienone is 1. The van der Waals surface area contributed by atoms with Crippen molar-refractivity contribution in [3.05, 3.63) is 71.3 Å². The number of anilines is 1. The van der Waals surface area contributed by atoms with Gasteiger partial charge in [-0.1, -0.05) is 48.5 Å². The Bertz CT molecular complexity index is 916. The molecule has 2 aromatic carbocycles. The number of Topliss-reactive ketones (excluding diaryl/α,β-unsaturated/α-hetero) is 1. The Hall–Kier alpha value is -3.21. The lowest BCUT2D eigenvalue weighted by Crippen LogP contribution is -2.28. The van der Waals surface area contributed by atoms with E-state index in [0.717, 1.165) is 22.4 Å². The Morgan fingerprint density at radius 1 is 0.929 bits per heavy atom. The van der Waals surface area contributed by atoms with E-state index < -0.39 is 0 Å². The minimum absolute atomic E-state index is 0.0336. The Morgan fingerprint density at radius 2 is 1.64 bits per heavy atom. The maximum Gasteiger partial charge on any atom is 0.226 e. The summed E-state index contributed by atoms with van der Waals surface area (Å²) in [4.78, 5) is 36.5. The van der Waals surface area contributed by atoms with E-state index in [0.29, 0.717) is 18.4 Å². The number of rotatable bonds is 7. The number of carbonyl (C=O) groups is 3. The van der Waals surface area contributed by atoms with Crippen LogP contribution in [0.2, 0.25) is 0 Å². The molecule has 3 rings (SSSR count). The molecule has 2 aromatic rings. The van der Waals surface area contributed by atoms with E-state index in [-0.39, 0.29) is 37.0 Å². The molecule has 0 fully saturated rings. The molecule has 28 heavy (non-hydrogen) atoms. The Labute approximate surface area is 164 Å². The lowest BCUT2D eigenvalue weighted by molar-refractivity contribution is -0.122. The second-order valence-corrected chi connectivity index (χ2v) is 6.89. The standard InChI is InChI=1S/C23H24N2O3/c1-16-7-5-6-10-20(16)25-22(27)13-14-24-23(28)15-19-18(11-12-21(19)26)17-8-3-2-4-9-17/h2-10H,11-15H2,1H3,(H,24,28)(H,25,27). The van der Waals surface area contributed by atoms with E-state index in [1.807, 2.05) is 61.5 Å². The molecule has 2 amide bonds. The topological polar surface area (TPSA) is 75.3 Å². The number of para-hydroxylation sites is 1. The maximum atomic E-state index is 12.3. The molecule has 0 atom stereocenters. The molecule has 1 aliphatic carbocycles. The van der Waals surface area contributed by atoms with Crippen molar-refractivity contribution in [3.63, 3.8) is 0 Å². The van der Waals surface area contributed by atoms with Crippen LogP contribution in [0.15, 0.2) is 60.2 Å². The van der Waals surface area contributed by atoms with Crippen molar-refractivity contribution in [2.75, 3.05) is 11.9 Å². The molecular weight excluding hydrogens is 352 g/mol. The first-order valence-electron chi connectivity index (χ1n) is 9.47. The van der Waals surface area contributed by atoms with Gasteiger partial charge in [-0.25, -0.2) is 0 Å². The quantitative estimate of drug-likeness (QED) is 0.775. The fourth-order valence-corrected chi connectivity index (χ4v) is 3.34. The number of hydrogen-bond donors (Lipinski definition) is 2. The number of benzene rings is 2. The number of carbonyl (C=O) groups excluding carboxylic acids is 3. The summed E-state index contributed by atoms with van der Waals surface area (Å²) in [6, 6.07) is 17.2. The van der Waals surface area contributed by atoms with Crippen LogP contribution in [0.25, 0.3) is 5.57 Å². The molecule has 5 heteroatoms. The zero-order valence-electron chi connectivity index (χ0n) is 16.0. The van der Waals surface area contributed by atoms with Crippen LogP contribution in [0.4, 0.5) is 5.69 Å². The van der Waals surface area contributed by atoms with Crippen LogP contribution >= 0.6 is 0 Å². The van der Waals surface area contributed by atoms with E-state index in [1.54, 1.807) is 0 Å². The summed E-state index contributed by atoms with van der Waals surface area (Å²) in [6.45, 7) is 2.16. The van der Waals surface area contributed by atoms with Crippen LogP contribution in [-0.4, -0.2) is 24.1 Å². The van der Waals surface area contributed by atoms with Gasteiger partial charge in [0.2, 0.25) is 11.8 Å². The number of amides is 2. The van der Waals surface area contributed by atoms with Crippen molar-refractivity contribution in [2.45, 2.75) is 32.6 Å². The molecular formula is C23H24N2O3. The lowest BCUT2D eigenvalue weighted by Gasteiger charge is -2.10. The second kappa shape index (κ2) is 9.13. The normalized spacial score (nSPS) is 13.5. The Balaban J connectivity index is 1.52. The molecule has 0 spiro atoms. The largest absolute Gasteiger partial charge is 0.355 e. The molecule has 0 heterocycles. The molecule has 5 nitrogen and oxygen atoms in total. The fraction of sp³-hybridized carbons (Fsp3) is 0.261. The third-order valence-corrected chi connectivity index (χ3v) is 4.86. The summed E-state index contributed by atoms with van der Waals surface area (Å²) < 4.78 is 0. The summed E-state index contributed by atoms with van der Waals surface area (Å²) in [5.74, 6) is -0.357. The molecule has 0 aromatic heterocycles. The monoisotopic (exact) mass is 376 g/mol. The first kappa shape index (κ1) is 19.5. The van der Waals surface area contributed by atoms with Gasteiger partial charge in [-0.15, -0.1) is 0 Å². The average Bonchev–Trinajstić information content (AvgIpc) is 3.05. The molecule has 1 aliphatic rings. The summed E-state index contributed by atoms with van der Waals surface area (Å²) in [6.07, 6.45) is 1.36. The predicted molar refractivity (Wildman–Crippen MR) is 110 cm³/mol. The van der Waals surface area contributed by atoms with Gasteiger partial charge in [-0.05, 0) is 36.1 Å². The van der Waals surface area contributed by atoms with Gasteiger partial charge in [-0.2, -0.15) is 0 Å². The van der Waals surface area contributed by atoms with Crippen LogP contribution in [-0.2, 0) is 14.4 Å². The third-order valence-electron chi connectivity index (χ3n) is 4.86. The number of ketones is 1. The summed E-state index contributed by atoms with van der Waals surface area (Å²) in [7, 11) is 0. The Morgan fingerprint density at radius 3 is 2.39 bits per heavy atom. The van der Waals surface area contributed by atoms with Gasteiger partial charge in [-0.3, -0.25) is 14.4 Å². The summed E-state index contributed by atoms with van der Waals surface area (Å²) in [5.41, 5.74) is 4.30. The van der Waals surface area contributed by atoms with Crippen LogP contribution in [0.1, 0.15) is 36.8 Å². The molecule has 0 unspecified atom stereocenters. The van der Waals surface area contributed by atoms with Gasteiger partial charge >= 0.3 is 0 Å². The fourth-order valence-electron chi connectivity index (χ4n) is 3.34. The van der Waals surface area contributed by atoms with E-state index in [1.165, 1.54) is 0 Å². The first-order valence-corrected chi connectivity index (χ1v) is 9.47. The number of nitrogens with one attached hydrogen (secondary N) is 2. The zero-order valence-corrected chi connectivity index (χ0v) is 16.0. The first-order chi connectivity index (χ1) is 13.5. The van der Waals surface area contributed by atoms with Crippen molar-refractivity contribution < 1.29 is 14.4 Å². The van der Waals surface area contributed by atoms with Crippen LogP contribution in [0.5, 0.6) is 0 Å². The van der Waals surface area contributed by atoms with Crippen molar-refractivity contribution in [3.8, 4) is 0 Å². The molecule has 0 saturated carbocycles. The smallest absolute Gasteiger partial charge is 0.226 e. The predicted octanol–water partition coefficient (Wildman–Crippen LogP) is 3.65. The summed E-state index contributed by atoms with van der Waals surface area (Å²) >= 11 is 0. The van der Waals surface area contributed by atoms with Gasteiger partial charge in [0.05, 0.1) is 6.42 Å². The lowest BCUT2D eigenvalue weighted by atomic mass is 10.00. The SMILES string of the molecule is Cc1ccccc1NC(=O)CCNC(=O)CC1=C(c2ccccc2)CCC1=O. The van der Waals surface area contributed by atoms with E-state index in [9.17, 15) is 14.4 Å². The zero-order chi connectivity index (χ0) is 19.9. The highest BCUT2D eigenvalue weighted by Gasteiger charge is 2.25. The van der Waals surface area contributed by atoms with Gasteiger partial charge in [0.15, 0.2) is 5.78 Å². The number of aryl methyl sites for hydroxylation is 1. The van der Waals surface area contributed by atoms with Crippen molar-refractivity contribution in [1.82, 2.24) is 5.32 Å². The maximum absolute atomic E-state index is 12.3. The highest BCUT2D eigenvalue weighted by molar-refractivity contribution is 6.10. The average molecular weight is 376 g/mol. The van der Waals surface area contributed by atoms with Crippen LogP contribution in [0, 0.1) is 6.92 Å². The van der Waals surface area contributed by atoms with Gasteiger partial charge in [0, 0.05) is 30.6 Å². The minimum atomic E-state index is -0.234. The molecule has 0 aliphatic heterocycles. The van der Waals surface area contributed by atoms with Crippen molar-refractivity contribution in [2.24, 2.45) is 0 Å². The molecule has 0 bridgehead atoms. The molecule has 2 N–H and O–H groups in total. The van der Waals surface area contributed by atoms with E-state index in [4.69, 9.17) is 0 Å². The van der Waals surface area contributed by atoms with Gasteiger partial charge < -0.3 is 10.6 Å². The minimum Gasteiger partial charge on any atom is -0.355 e. The summed E-state index contributed by atoms with van der Waals surface area (Å²) in [5, 5.41) is 5.59. The number of hydrogen-bond acceptors (Lipinski definition) is 3. The van der Waals surface area contributed by atoms with Gasteiger partial charge in [0.25, 0.3) is 0 Å². The van der Waals surface area contributed by atoms with E-state index >= 15 is 0 Å². The van der Waals surface area contributed by atoms with E-state index in [2.05, 4.69) is 10.6 Å².